The Kier molecular flexibility index (Phi) is 6.64. The second-order valence-corrected chi connectivity index (χ2v) is 11.1. The molecule has 0 aliphatic carbocycles. The van der Waals surface area contributed by atoms with Crippen molar-refractivity contribution in [2.24, 2.45) is 0 Å². The van der Waals surface area contributed by atoms with E-state index in [2.05, 4.69) is 33.1 Å². The minimum Gasteiger partial charge on any atom is -0.458 e. The highest BCUT2D eigenvalue weighted by atomic mass is 28.4. The lowest BCUT2D eigenvalue weighted by molar-refractivity contribution is 0.575. The van der Waals surface area contributed by atoms with Crippen LogP contribution in [0.25, 0.3) is 0 Å². The van der Waals surface area contributed by atoms with E-state index in [9.17, 15) is 0 Å². The van der Waals surface area contributed by atoms with Crippen molar-refractivity contribution in [3.8, 4) is 0 Å². The number of hydrogen-bond donors (Lipinski definition) is 0. The zero-order valence-electron chi connectivity index (χ0n) is 7.19. The molecule has 0 spiro atoms. The summed E-state index contributed by atoms with van der Waals surface area (Å²) in [4.78, 5) is 0. The van der Waals surface area contributed by atoms with Crippen molar-refractivity contribution in [1.29, 1.82) is 0 Å². The van der Waals surface area contributed by atoms with Gasteiger partial charge in [0.25, 0.3) is 0 Å². The zero-order chi connectivity index (χ0) is 7.49. The molecular formula is C7H22OSi2. The van der Waals surface area contributed by atoms with Crippen LogP contribution in [0.2, 0.25) is 32.2 Å². The summed E-state index contributed by atoms with van der Waals surface area (Å²) < 4.78 is 5.86. The van der Waals surface area contributed by atoms with Crippen molar-refractivity contribution >= 4 is 17.4 Å². The molecule has 0 aromatic heterocycles. The van der Waals surface area contributed by atoms with Gasteiger partial charge in [-0.15, -0.1) is 0 Å². The van der Waals surface area contributed by atoms with E-state index in [4.69, 9.17) is 4.12 Å². The van der Waals surface area contributed by atoms with Crippen molar-refractivity contribution < 1.29 is 4.12 Å². The van der Waals surface area contributed by atoms with E-state index in [-0.39, 0.29) is 7.43 Å². The molecule has 64 valence electrons. The van der Waals surface area contributed by atoms with Gasteiger partial charge in [0.1, 0.15) is 0 Å². The summed E-state index contributed by atoms with van der Waals surface area (Å²) in [6.07, 6.45) is 0. The highest BCUT2D eigenvalue weighted by Crippen LogP contribution is 2.06. The number of rotatable bonds is 3. The Morgan fingerprint density at radius 3 is 1.80 bits per heavy atom. The van der Waals surface area contributed by atoms with Gasteiger partial charge in [0.15, 0.2) is 17.4 Å². The first kappa shape index (κ1) is 13.0. The lowest BCUT2D eigenvalue weighted by Gasteiger charge is -2.21. The summed E-state index contributed by atoms with van der Waals surface area (Å²) in [7, 11) is -1.92. The maximum Gasteiger partial charge on any atom is 0.170 e. The molecule has 0 saturated carbocycles. The Hall–Kier alpha value is 0.394. The standard InChI is InChI=1S/C6H18OSi2.CH4/c1-6-8(2)7-9(3,4)5;/h8H,6H2,1-5H3;1H4. The summed E-state index contributed by atoms with van der Waals surface area (Å²) in [5, 5.41) is 0. The molecule has 0 radical (unpaired) electrons. The van der Waals surface area contributed by atoms with Crippen LogP contribution >= 0.6 is 0 Å². The SMILES string of the molecule is C.CC[SiH](C)O[Si](C)(C)C. The van der Waals surface area contributed by atoms with Crippen LogP contribution in [0.4, 0.5) is 0 Å². The predicted octanol–water partition coefficient (Wildman–Crippen LogP) is 2.85. The van der Waals surface area contributed by atoms with Crippen molar-refractivity contribution in [3.05, 3.63) is 0 Å². The second-order valence-electron chi connectivity index (χ2n) is 3.45. The van der Waals surface area contributed by atoms with E-state index >= 15 is 0 Å². The topological polar surface area (TPSA) is 9.23 Å². The lowest BCUT2D eigenvalue weighted by Crippen LogP contribution is -2.32. The molecule has 0 rings (SSSR count). The molecule has 10 heavy (non-hydrogen) atoms. The zero-order valence-corrected chi connectivity index (χ0v) is 9.35. The summed E-state index contributed by atoms with van der Waals surface area (Å²) in [5.74, 6) is 0. The quantitative estimate of drug-likeness (QED) is 0.604. The van der Waals surface area contributed by atoms with Gasteiger partial charge in [-0.1, -0.05) is 14.4 Å². The van der Waals surface area contributed by atoms with Crippen molar-refractivity contribution in [1.82, 2.24) is 0 Å². The van der Waals surface area contributed by atoms with Gasteiger partial charge in [-0.2, -0.15) is 0 Å². The molecule has 0 aliphatic heterocycles. The third-order valence-corrected chi connectivity index (χ3v) is 6.72. The summed E-state index contributed by atoms with van der Waals surface area (Å²) in [6.45, 7) is 11.3. The normalized spacial score (nSPS) is 14.1. The van der Waals surface area contributed by atoms with Gasteiger partial charge in [0, 0.05) is 0 Å². The lowest BCUT2D eigenvalue weighted by atomic mass is 11.0. The first-order valence-electron chi connectivity index (χ1n) is 3.63. The Bertz CT molecular complexity index is 78.2. The molecule has 0 aromatic carbocycles. The predicted molar refractivity (Wildman–Crippen MR) is 54.7 cm³/mol. The highest BCUT2D eigenvalue weighted by molar-refractivity contribution is 6.77. The first-order chi connectivity index (χ1) is 3.95. The molecule has 0 aliphatic rings. The van der Waals surface area contributed by atoms with Gasteiger partial charge in [-0.25, -0.2) is 0 Å². The van der Waals surface area contributed by atoms with E-state index in [0.717, 1.165) is 0 Å². The summed E-state index contributed by atoms with van der Waals surface area (Å²) in [5.41, 5.74) is 0. The fourth-order valence-corrected chi connectivity index (χ4v) is 6.18. The third-order valence-electron chi connectivity index (χ3n) is 1.13. The highest BCUT2D eigenvalue weighted by Gasteiger charge is 2.16. The van der Waals surface area contributed by atoms with Gasteiger partial charge in [0.2, 0.25) is 0 Å². The molecule has 1 atom stereocenters. The molecule has 0 saturated heterocycles. The van der Waals surface area contributed by atoms with Gasteiger partial charge in [0.05, 0.1) is 0 Å². The smallest absolute Gasteiger partial charge is 0.170 e. The fraction of sp³-hybridized carbons (Fsp3) is 1.00. The number of hydrogen-bond acceptors (Lipinski definition) is 1. The van der Waals surface area contributed by atoms with Crippen LogP contribution in [0.5, 0.6) is 0 Å². The van der Waals surface area contributed by atoms with Gasteiger partial charge < -0.3 is 4.12 Å². The average molecular weight is 178 g/mol. The van der Waals surface area contributed by atoms with Crippen molar-refractivity contribution in [2.45, 2.75) is 46.6 Å². The molecule has 0 bridgehead atoms. The van der Waals surface area contributed by atoms with E-state index < -0.39 is 17.4 Å². The van der Waals surface area contributed by atoms with Gasteiger partial charge in [-0.05, 0) is 32.2 Å². The molecule has 0 aromatic rings. The van der Waals surface area contributed by atoms with E-state index in [1.807, 2.05) is 0 Å². The Morgan fingerprint density at radius 1 is 1.30 bits per heavy atom. The largest absolute Gasteiger partial charge is 0.458 e. The van der Waals surface area contributed by atoms with E-state index in [1.54, 1.807) is 0 Å². The second kappa shape index (κ2) is 5.10. The van der Waals surface area contributed by atoms with Gasteiger partial charge in [-0.3, -0.25) is 0 Å². The van der Waals surface area contributed by atoms with Crippen LogP contribution in [-0.4, -0.2) is 17.4 Å². The maximum absolute atomic E-state index is 5.86. The minimum absolute atomic E-state index is 0. The molecular weight excluding hydrogens is 156 g/mol. The molecule has 0 amide bonds. The third kappa shape index (κ3) is 8.39. The summed E-state index contributed by atoms with van der Waals surface area (Å²) >= 11 is 0. The maximum atomic E-state index is 5.86. The monoisotopic (exact) mass is 178 g/mol. The van der Waals surface area contributed by atoms with Crippen LogP contribution in [-0.2, 0) is 4.12 Å². The van der Waals surface area contributed by atoms with Crippen LogP contribution in [0.15, 0.2) is 0 Å². The van der Waals surface area contributed by atoms with Crippen molar-refractivity contribution in [2.75, 3.05) is 0 Å². The molecule has 3 heteroatoms. The Morgan fingerprint density at radius 2 is 1.70 bits per heavy atom. The van der Waals surface area contributed by atoms with Crippen molar-refractivity contribution in [3.63, 3.8) is 0 Å². The van der Waals surface area contributed by atoms with Crippen LogP contribution in [0.3, 0.4) is 0 Å². The first-order valence-corrected chi connectivity index (χ1v) is 9.48. The minimum atomic E-state index is -1.18. The fourth-order valence-electron chi connectivity index (χ4n) is 0.687. The van der Waals surface area contributed by atoms with Gasteiger partial charge >= 0.3 is 0 Å². The molecule has 1 nitrogen and oxygen atoms in total. The molecule has 1 unspecified atom stereocenters. The Balaban J connectivity index is 0. The molecule has 0 heterocycles. The van der Waals surface area contributed by atoms with Crippen LogP contribution in [0.1, 0.15) is 14.4 Å². The average Bonchev–Trinajstić information content (AvgIpc) is 1.62. The summed E-state index contributed by atoms with van der Waals surface area (Å²) in [6, 6.07) is 1.27. The molecule has 0 fully saturated rings. The Labute approximate surface area is 68.7 Å². The molecule has 0 N–H and O–H groups in total. The van der Waals surface area contributed by atoms with Crippen LogP contribution in [0, 0.1) is 0 Å². The van der Waals surface area contributed by atoms with E-state index in [0.29, 0.717) is 0 Å². The van der Waals surface area contributed by atoms with Crippen LogP contribution < -0.4 is 0 Å². The van der Waals surface area contributed by atoms with E-state index in [1.165, 1.54) is 6.04 Å².